The van der Waals surface area contributed by atoms with E-state index in [2.05, 4.69) is 20.6 Å². The molecule has 0 radical (unpaired) electrons. The number of methoxy groups -OCH3 is 1. The van der Waals surface area contributed by atoms with Crippen LogP contribution >= 0.6 is 0 Å². The lowest BCUT2D eigenvalue weighted by Gasteiger charge is -2.11. The molecule has 0 fully saturated rings. The van der Waals surface area contributed by atoms with Gasteiger partial charge in [0, 0.05) is 6.07 Å². The first-order valence-corrected chi connectivity index (χ1v) is 8.97. The number of hydrogen-bond acceptors (Lipinski definition) is 6. The lowest BCUT2D eigenvalue weighted by molar-refractivity contribution is 0.102. The fraction of sp³-hybridized carbons (Fsp3) is 0.190. The van der Waals surface area contributed by atoms with Gasteiger partial charge in [-0.1, -0.05) is 12.1 Å². The van der Waals surface area contributed by atoms with E-state index in [4.69, 9.17) is 9.47 Å². The third kappa shape index (κ3) is 5.65. The van der Waals surface area contributed by atoms with Gasteiger partial charge < -0.3 is 20.1 Å². The molecular weight excluding hydrogens is 375 g/mol. The van der Waals surface area contributed by atoms with Gasteiger partial charge in [-0.25, -0.2) is 14.4 Å². The standard InChI is InChI=1S/C21H21FN4O3/c1-14-24-19(21(27)26-18-6-4-3-5-17(18)22)13-20(25-14)23-11-12-29-16-9-7-15(28-2)8-10-16/h3-10,13H,11-12H2,1-2H3,(H,26,27)(H,23,24,25). The van der Waals surface area contributed by atoms with Crippen molar-refractivity contribution in [2.45, 2.75) is 6.92 Å². The van der Waals surface area contributed by atoms with E-state index >= 15 is 0 Å². The van der Waals surface area contributed by atoms with Crippen molar-refractivity contribution in [2.24, 2.45) is 0 Å². The van der Waals surface area contributed by atoms with E-state index in [1.807, 2.05) is 24.3 Å². The predicted molar refractivity (Wildman–Crippen MR) is 108 cm³/mol. The van der Waals surface area contributed by atoms with Crippen molar-refractivity contribution in [1.82, 2.24) is 9.97 Å². The van der Waals surface area contributed by atoms with Gasteiger partial charge in [0.05, 0.1) is 19.3 Å². The first kappa shape index (κ1) is 20.1. The largest absolute Gasteiger partial charge is 0.497 e. The molecule has 1 aromatic heterocycles. The van der Waals surface area contributed by atoms with E-state index in [0.717, 1.165) is 11.5 Å². The van der Waals surface area contributed by atoms with Gasteiger partial charge in [-0.2, -0.15) is 0 Å². The number of anilines is 2. The molecule has 0 unspecified atom stereocenters. The fourth-order valence-electron chi connectivity index (χ4n) is 2.54. The first-order chi connectivity index (χ1) is 14.0. The summed E-state index contributed by atoms with van der Waals surface area (Å²) in [5, 5.41) is 5.61. The molecule has 3 rings (SSSR count). The number of benzene rings is 2. The average molecular weight is 396 g/mol. The Bertz CT molecular complexity index is 980. The molecule has 0 spiro atoms. The molecule has 150 valence electrons. The number of para-hydroxylation sites is 1. The minimum absolute atomic E-state index is 0.0937. The Balaban J connectivity index is 1.56. The van der Waals surface area contributed by atoms with Crippen LogP contribution < -0.4 is 20.1 Å². The van der Waals surface area contributed by atoms with Gasteiger partial charge in [0.25, 0.3) is 5.91 Å². The van der Waals surface area contributed by atoms with Crippen molar-refractivity contribution < 1.29 is 18.7 Å². The summed E-state index contributed by atoms with van der Waals surface area (Å²) in [6.07, 6.45) is 0. The SMILES string of the molecule is COc1ccc(OCCNc2cc(C(=O)Nc3ccccc3F)nc(C)n2)cc1. The number of nitrogens with one attached hydrogen (secondary N) is 2. The second-order valence-corrected chi connectivity index (χ2v) is 6.07. The Labute approximate surface area is 167 Å². The molecule has 1 heterocycles. The van der Waals surface area contributed by atoms with Crippen LogP contribution in [0, 0.1) is 12.7 Å². The Hall–Kier alpha value is -3.68. The number of carbonyl (C=O) groups excluding carboxylic acids is 1. The maximum Gasteiger partial charge on any atom is 0.274 e. The van der Waals surface area contributed by atoms with Crippen LogP contribution in [0.4, 0.5) is 15.9 Å². The molecule has 0 saturated carbocycles. The number of aromatic nitrogens is 2. The summed E-state index contributed by atoms with van der Waals surface area (Å²) in [6.45, 7) is 2.54. The molecule has 0 aliphatic heterocycles. The Morgan fingerprint density at radius 3 is 2.52 bits per heavy atom. The van der Waals surface area contributed by atoms with E-state index < -0.39 is 11.7 Å². The number of hydrogen-bond donors (Lipinski definition) is 2. The number of nitrogens with zero attached hydrogens (tertiary/aromatic N) is 2. The van der Waals surface area contributed by atoms with E-state index in [1.54, 1.807) is 26.2 Å². The number of amides is 1. The summed E-state index contributed by atoms with van der Waals surface area (Å²) in [5.41, 5.74) is 0.232. The van der Waals surface area contributed by atoms with Gasteiger partial charge in [0.2, 0.25) is 0 Å². The van der Waals surface area contributed by atoms with Crippen LogP contribution in [-0.4, -0.2) is 36.1 Å². The molecular formula is C21H21FN4O3. The zero-order chi connectivity index (χ0) is 20.6. The van der Waals surface area contributed by atoms with Gasteiger partial charge in [-0.3, -0.25) is 4.79 Å². The third-order valence-corrected chi connectivity index (χ3v) is 3.93. The lowest BCUT2D eigenvalue weighted by Crippen LogP contribution is -2.18. The molecule has 0 aliphatic rings. The van der Waals surface area contributed by atoms with Gasteiger partial charge in [0.1, 0.15) is 41.3 Å². The second-order valence-electron chi connectivity index (χ2n) is 6.07. The maximum absolute atomic E-state index is 13.7. The smallest absolute Gasteiger partial charge is 0.274 e. The van der Waals surface area contributed by atoms with Crippen molar-refractivity contribution in [3.63, 3.8) is 0 Å². The van der Waals surface area contributed by atoms with Crippen molar-refractivity contribution >= 4 is 17.4 Å². The molecule has 1 amide bonds. The van der Waals surface area contributed by atoms with E-state index in [0.29, 0.717) is 24.8 Å². The van der Waals surface area contributed by atoms with Gasteiger partial charge in [-0.15, -0.1) is 0 Å². The normalized spacial score (nSPS) is 10.3. The molecule has 8 heteroatoms. The monoisotopic (exact) mass is 396 g/mol. The predicted octanol–water partition coefficient (Wildman–Crippen LogP) is 3.68. The Kier molecular flexibility index (Phi) is 6.57. The second kappa shape index (κ2) is 9.50. The summed E-state index contributed by atoms with van der Waals surface area (Å²) in [7, 11) is 1.61. The van der Waals surface area contributed by atoms with Gasteiger partial charge >= 0.3 is 0 Å². The van der Waals surface area contributed by atoms with Crippen molar-refractivity contribution in [3.05, 3.63) is 71.9 Å². The summed E-state index contributed by atoms with van der Waals surface area (Å²) in [5.74, 6) is 1.35. The number of ether oxygens (including phenoxy) is 2. The number of halogens is 1. The number of aryl methyl sites for hydroxylation is 1. The molecule has 2 N–H and O–H groups in total. The fourth-order valence-corrected chi connectivity index (χ4v) is 2.54. The number of carbonyl (C=O) groups is 1. The van der Waals surface area contributed by atoms with Crippen molar-refractivity contribution in [2.75, 3.05) is 30.9 Å². The van der Waals surface area contributed by atoms with Crippen LogP contribution in [0.25, 0.3) is 0 Å². The van der Waals surface area contributed by atoms with Crippen LogP contribution in [0.1, 0.15) is 16.3 Å². The zero-order valence-electron chi connectivity index (χ0n) is 16.1. The highest BCUT2D eigenvalue weighted by atomic mass is 19.1. The van der Waals surface area contributed by atoms with Crippen LogP contribution in [0.2, 0.25) is 0 Å². The quantitative estimate of drug-likeness (QED) is 0.565. The van der Waals surface area contributed by atoms with E-state index in [9.17, 15) is 9.18 Å². The molecule has 2 aromatic carbocycles. The Morgan fingerprint density at radius 1 is 1.07 bits per heavy atom. The highest BCUT2D eigenvalue weighted by molar-refractivity contribution is 6.03. The molecule has 0 saturated heterocycles. The highest BCUT2D eigenvalue weighted by Gasteiger charge is 2.12. The summed E-state index contributed by atoms with van der Waals surface area (Å²) >= 11 is 0. The van der Waals surface area contributed by atoms with Crippen molar-refractivity contribution in [3.8, 4) is 11.5 Å². The maximum atomic E-state index is 13.7. The Morgan fingerprint density at radius 2 is 1.79 bits per heavy atom. The molecule has 0 atom stereocenters. The summed E-state index contributed by atoms with van der Waals surface area (Å²) in [6, 6.07) is 14.7. The topological polar surface area (TPSA) is 85.4 Å². The molecule has 0 bridgehead atoms. The summed E-state index contributed by atoms with van der Waals surface area (Å²) in [4.78, 5) is 20.8. The van der Waals surface area contributed by atoms with Crippen LogP contribution in [0.15, 0.2) is 54.6 Å². The first-order valence-electron chi connectivity index (χ1n) is 8.97. The molecule has 29 heavy (non-hydrogen) atoms. The number of rotatable bonds is 8. The minimum atomic E-state index is -0.516. The van der Waals surface area contributed by atoms with Gasteiger partial charge in [0.15, 0.2) is 0 Å². The lowest BCUT2D eigenvalue weighted by atomic mass is 10.3. The molecule has 3 aromatic rings. The highest BCUT2D eigenvalue weighted by Crippen LogP contribution is 2.17. The van der Waals surface area contributed by atoms with Crippen LogP contribution in [0.5, 0.6) is 11.5 Å². The van der Waals surface area contributed by atoms with Crippen LogP contribution in [0.3, 0.4) is 0 Å². The summed E-state index contributed by atoms with van der Waals surface area (Å²) < 4.78 is 24.5. The van der Waals surface area contributed by atoms with Crippen molar-refractivity contribution in [1.29, 1.82) is 0 Å². The average Bonchev–Trinajstić information content (AvgIpc) is 2.73. The molecule has 0 aliphatic carbocycles. The molecule has 7 nitrogen and oxygen atoms in total. The minimum Gasteiger partial charge on any atom is -0.497 e. The third-order valence-electron chi connectivity index (χ3n) is 3.93. The van der Waals surface area contributed by atoms with E-state index in [-0.39, 0.29) is 11.4 Å². The van der Waals surface area contributed by atoms with E-state index in [1.165, 1.54) is 18.2 Å². The van der Waals surface area contributed by atoms with Gasteiger partial charge in [-0.05, 0) is 43.3 Å². The zero-order valence-corrected chi connectivity index (χ0v) is 16.1. The van der Waals surface area contributed by atoms with Crippen LogP contribution in [-0.2, 0) is 0 Å².